The Morgan fingerprint density at radius 3 is 2.45 bits per heavy atom. The number of alkyl halides is 3. The van der Waals surface area contributed by atoms with Crippen LogP contribution in [0.25, 0.3) is 21.8 Å². The maximum absolute atomic E-state index is 6.03. The summed E-state index contributed by atoms with van der Waals surface area (Å²) in [5.74, 6) is 0. The average molecular weight is 371 g/mol. The fraction of sp³-hybridized carbons (Fsp3) is 0.0769. The zero-order valence-electron chi connectivity index (χ0n) is 10.4. The molecular weight excluding hydrogens is 365 g/mol. The van der Waals surface area contributed by atoms with E-state index >= 15 is 0 Å². The van der Waals surface area contributed by atoms with E-state index in [0.717, 1.165) is 16.3 Å². The predicted octanol–water partition coefficient (Wildman–Crippen LogP) is 4.88. The molecule has 0 aliphatic carbocycles. The van der Waals surface area contributed by atoms with E-state index in [1.807, 2.05) is 18.2 Å². The Labute approximate surface area is 178 Å². The summed E-state index contributed by atoms with van der Waals surface area (Å²) in [4.78, 5) is 8.63. The first-order valence-electron chi connectivity index (χ1n) is 5.38. The molecule has 3 rings (SSSR count). The van der Waals surface area contributed by atoms with Gasteiger partial charge in [-0.15, -0.1) is 0 Å². The van der Waals surface area contributed by atoms with Crippen molar-refractivity contribution in [3.05, 3.63) is 47.2 Å². The normalized spacial score (nSPS) is 11.6. The summed E-state index contributed by atoms with van der Waals surface area (Å²) < 4.78 is -1.53. The molecule has 7 heteroatoms. The van der Waals surface area contributed by atoms with Crippen molar-refractivity contribution in [2.45, 2.75) is 3.79 Å². The molecule has 2 aromatic heterocycles. The largest absolute Gasteiger partial charge is 0.254 e. The number of nitrogens with zero attached hydrogens (tertiary/aromatic N) is 2. The Bertz CT molecular complexity index is 786. The fourth-order valence-corrected chi connectivity index (χ4v) is 2.65. The summed E-state index contributed by atoms with van der Waals surface area (Å²) in [6, 6.07) is 8.98. The molecule has 0 aliphatic heterocycles. The first kappa shape index (κ1) is 17.2. The second-order valence-electron chi connectivity index (χ2n) is 4.03. The van der Waals surface area contributed by atoms with E-state index in [9.17, 15) is 0 Å². The molecule has 0 unspecified atom stereocenters. The number of fused-ring (bicyclic) bond motifs is 3. The van der Waals surface area contributed by atoms with Gasteiger partial charge in [0, 0.05) is 73.9 Å². The standard InChI is InChI=1S/C13H6Cl4N2.K/c14-10-4-3-8-9(13(15,16)17)6-7-2-1-5-18-11(7)12(8)19-10;/h1-6H;. The van der Waals surface area contributed by atoms with Gasteiger partial charge in [-0.25, -0.2) is 4.98 Å². The Morgan fingerprint density at radius 1 is 1.00 bits per heavy atom. The number of benzene rings is 1. The molecule has 0 amide bonds. The molecule has 1 radical (unpaired) electrons. The van der Waals surface area contributed by atoms with Crippen LogP contribution in [0.2, 0.25) is 5.15 Å². The number of rotatable bonds is 0. The molecular formula is C13H6Cl4KN2. The Hall–Kier alpha value is 0.836. The molecule has 0 spiro atoms. The molecule has 0 N–H and O–H groups in total. The van der Waals surface area contributed by atoms with E-state index in [0.29, 0.717) is 16.2 Å². The Balaban J connectivity index is 0.00000147. The van der Waals surface area contributed by atoms with Crippen molar-refractivity contribution < 1.29 is 0 Å². The second kappa shape index (κ2) is 6.53. The van der Waals surface area contributed by atoms with Crippen LogP contribution < -0.4 is 0 Å². The van der Waals surface area contributed by atoms with Crippen molar-refractivity contribution >= 4 is 120 Å². The van der Waals surface area contributed by atoms with E-state index in [-0.39, 0.29) is 51.4 Å². The first-order chi connectivity index (χ1) is 8.97. The first-order valence-corrected chi connectivity index (χ1v) is 6.89. The zero-order valence-corrected chi connectivity index (χ0v) is 16.5. The Kier molecular flexibility index (Phi) is 5.61. The van der Waals surface area contributed by atoms with Gasteiger partial charge in [0.15, 0.2) is 0 Å². The minimum absolute atomic E-state index is 0. The zero-order chi connectivity index (χ0) is 13.6. The van der Waals surface area contributed by atoms with Gasteiger partial charge in [0.2, 0.25) is 3.79 Å². The number of pyridine rings is 2. The molecule has 2 nitrogen and oxygen atoms in total. The van der Waals surface area contributed by atoms with Crippen LogP contribution in [0.15, 0.2) is 36.5 Å². The molecule has 97 valence electrons. The van der Waals surface area contributed by atoms with Crippen LogP contribution in [0, 0.1) is 0 Å². The van der Waals surface area contributed by atoms with Gasteiger partial charge in [-0.1, -0.05) is 52.5 Å². The predicted molar refractivity (Wildman–Crippen MR) is 87.0 cm³/mol. The SMILES string of the molecule is Clc1ccc2c(C(Cl)(Cl)Cl)cc3cccnc3c2n1.[K]. The van der Waals surface area contributed by atoms with Gasteiger partial charge in [-0.2, -0.15) is 0 Å². The maximum atomic E-state index is 6.03. The van der Waals surface area contributed by atoms with Gasteiger partial charge in [0.1, 0.15) is 5.15 Å². The van der Waals surface area contributed by atoms with E-state index < -0.39 is 3.79 Å². The van der Waals surface area contributed by atoms with E-state index in [4.69, 9.17) is 46.4 Å². The quantitative estimate of drug-likeness (QED) is 0.244. The summed E-state index contributed by atoms with van der Waals surface area (Å²) in [6.45, 7) is 0. The number of halogens is 4. The van der Waals surface area contributed by atoms with Gasteiger partial charge in [-0.05, 0) is 24.3 Å². The van der Waals surface area contributed by atoms with Crippen LogP contribution in [0.5, 0.6) is 0 Å². The molecule has 0 atom stereocenters. The molecule has 20 heavy (non-hydrogen) atoms. The summed E-state index contributed by atoms with van der Waals surface area (Å²) in [5.41, 5.74) is 1.93. The van der Waals surface area contributed by atoms with Crippen molar-refractivity contribution in [1.82, 2.24) is 9.97 Å². The molecule has 0 fully saturated rings. The molecule has 0 bridgehead atoms. The summed E-state index contributed by atoms with van der Waals surface area (Å²) in [7, 11) is 0. The van der Waals surface area contributed by atoms with Gasteiger partial charge in [0.25, 0.3) is 0 Å². The molecule has 1 aromatic carbocycles. The minimum atomic E-state index is -1.53. The molecule has 3 aromatic rings. The van der Waals surface area contributed by atoms with Gasteiger partial charge >= 0.3 is 0 Å². The smallest absolute Gasteiger partial charge is 0.216 e. The minimum Gasteiger partial charge on any atom is -0.254 e. The summed E-state index contributed by atoms with van der Waals surface area (Å²) >= 11 is 24.0. The monoisotopic (exact) mass is 369 g/mol. The van der Waals surface area contributed by atoms with E-state index in [1.54, 1.807) is 18.3 Å². The van der Waals surface area contributed by atoms with Crippen LogP contribution in [0.1, 0.15) is 5.56 Å². The third-order valence-electron chi connectivity index (χ3n) is 2.82. The van der Waals surface area contributed by atoms with Crippen molar-refractivity contribution in [3.8, 4) is 0 Å². The molecule has 2 heterocycles. The fourth-order valence-electron chi connectivity index (χ4n) is 2.03. The van der Waals surface area contributed by atoms with Crippen molar-refractivity contribution in [1.29, 1.82) is 0 Å². The van der Waals surface area contributed by atoms with Crippen LogP contribution in [0.3, 0.4) is 0 Å². The van der Waals surface area contributed by atoms with E-state index in [1.165, 1.54) is 0 Å². The van der Waals surface area contributed by atoms with Crippen LogP contribution in [-0.4, -0.2) is 61.4 Å². The van der Waals surface area contributed by atoms with Gasteiger partial charge in [-0.3, -0.25) is 4.98 Å². The molecule has 0 saturated heterocycles. The summed E-state index contributed by atoms with van der Waals surface area (Å²) in [5, 5.41) is 1.96. The van der Waals surface area contributed by atoms with E-state index in [2.05, 4.69) is 9.97 Å². The summed E-state index contributed by atoms with van der Waals surface area (Å²) in [6.07, 6.45) is 1.69. The number of hydrogen-bond donors (Lipinski definition) is 0. The third-order valence-corrected chi connectivity index (χ3v) is 3.64. The maximum Gasteiger partial charge on any atom is 0.216 e. The number of aromatic nitrogens is 2. The van der Waals surface area contributed by atoms with Gasteiger partial charge < -0.3 is 0 Å². The van der Waals surface area contributed by atoms with Crippen molar-refractivity contribution in [3.63, 3.8) is 0 Å². The van der Waals surface area contributed by atoms with Crippen molar-refractivity contribution in [2.24, 2.45) is 0 Å². The Morgan fingerprint density at radius 2 is 1.75 bits per heavy atom. The average Bonchev–Trinajstić information content (AvgIpc) is 2.36. The third kappa shape index (κ3) is 3.27. The van der Waals surface area contributed by atoms with Crippen LogP contribution in [-0.2, 0) is 3.79 Å². The molecule has 0 saturated carbocycles. The topological polar surface area (TPSA) is 25.8 Å². The van der Waals surface area contributed by atoms with Gasteiger partial charge in [0.05, 0.1) is 11.0 Å². The van der Waals surface area contributed by atoms with Crippen LogP contribution >= 0.6 is 46.4 Å². The van der Waals surface area contributed by atoms with Crippen molar-refractivity contribution in [2.75, 3.05) is 0 Å². The van der Waals surface area contributed by atoms with Crippen LogP contribution in [0.4, 0.5) is 0 Å². The molecule has 0 aliphatic rings. The second-order valence-corrected chi connectivity index (χ2v) is 6.70. The number of hydrogen-bond acceptors (Lipinski definition) is 2.